The molecule has 1 fully saturated rings. The molecule has 3 nitrogen and oxygen atoms in total. The summed E-state index contributed by atoms with van der Waals surface area (Å²) in [5.74, 6) is 0.381. The third-order valence-corrected chi connectivity index (χ3v) is 9.17. The van der Waals surface area contributed by atoms with Gasteiger partial charge in [0.1, 0.15) is 6.79 Å². The van der Waals surface area contributed by atoms with Gasteiger partial charge in [0.2, 0.25) is 0 Å². The number of fused-ring (bicyclic) bond motifs is 2. The van der Waals surface area contributed by atoms with Crippen molar-refractivity contribution in [3.05, 3.63) is 35.5 Å². The highest BCUT2D eigenvalue weighted by atomic mass is 28.3. The molecule has 0 aromatic carbocycles. The molecule has 0 aromatic heterocycles. The Hall–Kier alpha value is -0.683. The summed E-state index contributed by atoms with van der Waals surface area (Å²) in [4.78, 5) is 0. The van der Waals surface area contributed by atoms with Gasteiger partial charge in [0.15, 0.2) is 0 Å². The maximum atomic E-state index is 11.2. The summed E-state index contributed by atoms with van der Waals surface area (Å²) >= 11 is 0. The molecule has 2 aliphatic carbocycles. The number of ether oxygens (including phenoxy) is 2. The van der Waals surface area contributed by atoms with Gasteiger partial charge in [0.25, 0.3) is 0 Å². The van der Waals surface area contributed by atoms with Crippen molar-refractivity contribution < 1.29 is 14.6 Å². The number of aliphatic hydroxyl groups excluding tert-OH is 1. The Kier molecular flexibility index (Phi) is 9.17. The summed E-state index contributed by atoms with van der Waals surface area (Å²) in [6.45, 7) is 21.7. The van der Waals surface area contributed by atoms with Gasteiger partial charge in [-0.15, -0.1) is 0 Å². The predicted octanol–water partition coefficient (Wildman–Crippen LogP) is 6.73. The van der Waals surface area contributed by atoms with E-state index < -0.39 is 14.2 Å². The highest BCUT2D eigenvalue weighted by Crippen LogP contribution is 2.52. The number of rotatable bonds is 6. The summed E-state index contributed by atoms with van der Waals surface area (Å²) in [7, 11) is -1.10. The van der Waals surface area contributed by atoms with Crippen LogP contribution >= 0.6 is 0 Å². The predicted molar refractivity (Wildman–Crippen MR) is 130 cm³/mol. The highest BCUT2D eigenvalue weighted by Gasteiger charge is 2.48. The van der Waals surface area contributed by atoms with Crippen molar-refractivity contribution >= 4 is 8.07 Å². The molecule has 2 aliphatic rings. The van der Waals surface area contributed by atoms with Gasteiger partial charge in [-0.3, -0.25) is 0 Å². The van der Waals surface area contributed by atoms with E-state index in [0.717, 1.165) is 50.3 Å². The lowest BCUT2D eigenvalue weighted by Gasteiger charge is -2.50. The van der Waals surface area contributed by atoms with Crippen LogP contribution < -0.4 is 0 Å². The molecule has 0 radical (unpaired) electrons. The van der Waals surface area contributed by atoms with E-state index >= 15 is 0 Å². The van der Waals surface area contributed by atoms with Crippen LogP contribution in [-0.2, 0) is 9.47 Å². The molecule has 1 N–H and O–H groups in total. The SMILES string of the molecule is C=C1[C@H]2[C@@H](OCOCC[Si](C)(C)C)C[C@@H](C)[C@@]1(C)CC/C(C)=C/CC/C(C)=C/[C@@H]2O. The molecule has 4 heteroatoms. The molecule has 30 heavy (non-hydrogen) atoms. The van der Waals surface area contributed by atoms with Gasteiger partial charge in [-0.05, 0) is 63.3 Å². The maximum absolute atomic E-state index is 11.2. The zero-order chi connectivity index (χ0) is 22.5. The normalized spacial score (nSPS) is 37.4. The number of hydrogen-bond donors (Lipinski definition) is 1. The summed E-state index contributed by atoms with van der Waals surface area (Å²) in [6.07, 6.45) is 8.95. The van der Waals surface area contributed by atoms with E-state index in [1.807, 2.05) is 6.08 Å². The molecule has 172 valence electrons. The lowest BCUT2D eigenvalue weighted by Crippen LogP contribution is -2.48. The smallest absolute Gasteiger partial charge is 0.147 e. The van der Waals surface area contributed by atoms with Crippen LogP contribution in [-0.4, -0.2) is 38.8 Å². The Labute approximate surface area is 186 Å². The number of allylic oxidation sites excluding steroid dienone is 3. The number of aliphatic hydroxyl groups is 1. The molecule has 2 rings (SSSR count). The van der Waals surface area contributed by atoms with E-state index in [9.17, 15) is 5.11 Å². The number of hydrogen-bond acceptors (Lipinski definition) is 3. The average Bonchev–Trinajstić information content (AvgIpc) is 2.62. The van der Waals surface area contributed by atoms with Crippen LogP contribution in [0.5, 0.6) is 0 Å². The third kappa shape index (κ3) is 6.91. The second kappa shape index (κ2) is 10.8. The van der Waals surface area contributed by atoms with Gasteiger partial charge in [-0.25, -0.2) is 0 Å². The third-order valence-electron chi connectivity index (χ3n) is 7.47. The first-order chi connectivity index (χ1) is 13.9. The molecule has 0 heterocycles. The van der Waals surface area contributed by atoms with Crippen LogP contribution in [0.2, 0.25) is 25.7 Å². The van der Waals surface area contributed by atoms with E-state index in [1.165, 1.54) is 11.1 Å². The van der Waals surface area contributed by atoms with Gasteiger partial charge in [0.05, 0.1) is 12.2 Å². The molecule has 0 amide bonds. The molecular formula is C26H46O3Si. The molecular weight excluding hydrogens is 388 g/mol. The van der Waals surface area contributed by atoms with Crippen molar-refractivity contribution in [2.45, 2.75) is 97.7 Å². The zero-order valence-corrected chi connectivity index (χ0v) is 21.6. The van der Waals surface area contributed by atoms with Gasteiger partial charge >= 0.3 is 0 Å². The van der Waals surface area contributed by atoms with Gasteiger partial charge < -0.3 is 14.6 Å². The molecule has 0 aliphatic heterocycles. The molecule has 0 unspecified atom stereocenters. The maximum Gasteiger partial charge on any atom is 0.147 e. The van der Waals surface area contributed by atoms with Crippen molar-refractivity contribution in [2.24, 2.45) is 17.3 Å². The molecule has 0 aromatic rings. The molecule has 1 saturated carbocycles. The topological polar surface area (TPSA) is 38.7 Å². The zero-order valence-electron chi connectivity index (χ0n) is 20.6. The molecule has 5 atom stereocenters. The quantitative estimate of drug-likeness (QED) is 0.218. The van der Waals surface area contributed by atoms with Crippen LogP contribution in [0.3, 0.4) is 0 Å². The highest BCUT2D eigenvalue weighted by molar-refractivity contribution is 6.76. The van der Waals surface area contributed by atoms with Crippen molar-refractivity contribution in [3.63, 3.8) is 0 Å². The van der Waals surface area contributed by atoms with Gasteiger partial charge in [-0.2, -0.15) is 0 Å². The largest absolute Gasteiger partial charge is 0.388 e. The lowest BCUT2D eigenvalue weighted by molar-refractivity contribution is -0.132. The monoisotopic (exact) mass is 434 g/mol. The second-order valence-corrected chi connectivity index (χ2v) is 16.9. The van der Waals surface area contributed by atoms with E-state index in [-0.39, 0.29) is 17.4 Å². The standard InChI is InChI=1S/C26H46O3Si/c1-19-10-9-11-20(2)16-23(27)25-22(4)26(5,13-12-19)21(3)17-24(25)29-18-28-14-15-30(6,7)8/h10,16,21,23-25,27H,4,9,11-15,17-18H2,1-3,5-8H3/b19-10+,20-16+/t21-,23+,24+,25-,26-/m1/s1. The minimum atomic E-state index is -1.10. The first kappa shape index (κ1) is 25.6. The minimum absolute atomic E-state index is 0.0141. The van der Waals surface area contributed by atoms with Crippen LogP contribution in [0, 0.1) is 17.3 Å². The van der Waals surface area contributed by atoms with Crippen LogP contribution in [0.15, 0.2) is 35.5 Å². The first-order valence-corrected chi connectivity index (χ1v) is 15.5. The summed E-state index contributed by atoms with van der Waals surface area (Å²) in [5.41, 5.74) is 3.87. The van der Waals surface area contributed by atoms with Crippen LogP contribution in [0.4, 0.5) is 0 Å². The summed E-state index contributed by atoms with van der Waals surface area (Å²) < 4.78 is 12.1. The average molecular weight is 435 g/mol. The fourth-order valence-corrected chi connectivity index (χ4v) is 5.59. The minimum Gasteiger partial charge on any atom is -0.388 e. The van der Waals surface area contributed by atoms with Crippen molar-refractivity contribution in [3.8, 4) is 0 Å². The Morgan fingerprint density at radius 2 is 1.90 bits per heavy atom. The Morgan fingerprint density at radius 1 is 1.20 bits per heavy atom. The molecule has 0 saturated heterocycles. The van der Waals surface area contributed by atoms with E-state index in [1.54, 1.807) is 0 Å². The van der Waals surface area contributed by atoms with Crippen molar-refractivity contribution in [1.82, 2.24) is 0 Å². The lowest BCUT2D eigenvalue weighted by atomic mass is 9.57. The van der Waals surface area contributed by atoms with Gasteiger partial charge in [0, 0.05) is 20.6 Å². The first-order valence-electron chi connectivity index (χ1n) is 11.8. The van der Waals surface area contributed by atoms with Gasteiger partial charge in [-0.1, -0.05) is 68.9 Å². The van der Waals surface area contributed by atoms with Crippen LogP contribution in [0.1, 0.15) is 59.8 Å². The molecule has 2 bridgehead atoms. The van der Waals surface area contributed by atoms with E-state index in [4.69, 9.17) is 9.47 Å². The Morgan fingerprint density at radius 3 is 2.57 bits per heavy atom. The Bertz CT molecular complexity index is 645. The fourth-order valence-electron chi connectivity index (χ4n) is 4.84. The van der Waals surface area contributed by atoms with E-state index in [0.29, 0.717) is 12.7 Å². The molecule has 0 spiro atoms. The summed E-state index contributed by atoms with van der Waals surface area (Å²) in [6, 6.07) is 1.14. The summed E-state index contributed by atoms with van der Waals surface area (Å²) in [5, 5.41) is 11.2. The van der Waals surface area contributed by atoms with Crippen molar-refractivity contribution in [2.75, 3.05) is 13.4 Å². The fraction of sp³-hybridized carbons (Fsp3) is 0.769. The van der Waals surface area contributed by atoms with Crippen molar-refractivity contribution in [1.29, 1.82) is 0 Å². The van der Waals surface area contributed by atoms with E-state index in [2.05, 4.69) is 60.0 Å². The Balaban J connectivity index is 2.18. The van der Waals surface area contributed by atoms with Crippen LogP contribution in [0.25, 0.3) is 0 Å². The second-order valence-electron chi connectivity index (χ2n) is 11.2.